The topological polar surface area (TPSA) is 64.8 Å². The molecule has 0 radical (unpaired) electrons. The number of hydrazone groups is 1. The number of hydrogen-bond donors (Lipinski definition) is 1. The molecule has 218 valence electrons. The predicted molar refractivity (Wildman–Crippen MR) is 177 cm³/mol. The van der Waals surface area contributed by atoms with Crippen LogP contribution in [0.25, 0.3) is 27.7 Å². The van der Waals surface area contributed by atoms with Crippen molar-refractivity contribution in [1.82, 2.24) is 9.99 Å². The zero-order valence-corrected chi connectivity index (χ0v) is 24.7. The molecule has 0 saturated carbocycles. The molecule has 1 heterocycles. The summed E-state index contributed by atoms with van der Waals surface area (Å²) in [5.41, 5.74) is 9.36. The molecule has 6 nitrogen and oxygen atoms in total. The highest BCUT2D eigenvalue weighted by atomic mass is 16.5. The summed E-state index contributed by atoms with van der Waals surface area (Å²) in [4.78, 5) is 12.8. The molecular weight excluding hydrogens is 546 g/mol. The molecule has 0 unspecified atom stereocenters. The van der Waals surface area contributed by atoms with Gasteiger partial charge in [-0.25, -0.2) is 5.43 Å². The monoisotopic (exact) mass is 579 g/mol. The lowest BCUT2D eigenvalue weighted by Gasteiger charge is -2.14. The largest absolute Gasteiger partial charge is 0.490 e. The van der Waals surface area contributed by atoms with E-state index in [1.165, 1.54) is 10.8 Å². The van der Waals surface area contributed by atoms with Crippen LogP contribution in [0.15, 0.2) is 132 Å². The highest BCUT2D eigenvalue weighted by Gasteiger charge is 2.12. The fourth-order valence-electron chi connectivity index (χ4n) is 5.27. The summed E-state index contributed by atoms with van der Waals surface area (Å²) in [5, 5.41) is 6.53. The smallest absolute Gasteiger partial charge is 0.271 e. The minimum absolute atomic E-state index is 0.291. The maximum Gasteiger partial charge on any atom is 0.271 e. The SMILES string of the molecule is CCOc1cc(/C=N/NC(=O)c2ccc(-n3c(C)ccc3-c3ccccc3)cc2)ccc1OCc1cccc2ccccc12. The van der Waals surface area contributed by atoms with E-state index in [0.717, 1.165) is 33.8 Å². The average molecular weight is 580 g/mol. The maximum absolute atomic E-state index is 12.8. The van der Waals surface area contributed by atoms with Crippen LogP contribution >= 0.6 is 0 Å². The first-order valence-electron chi connectivity index (χ1n) is 14.6. The highest BCUT2D eigenvalue weighted by Crippen LogP contribution is 2.30. The lowest BCUT2D eigenvalue weighted by molar-refractivity contribution is 0.0955. The number of rotatable bonds is 10. The number of hydrogen-bond acceptors (Lipinski definition) is 4. The molecule has 0 atom stereocenters. The number of nitrogens with one attached hydrogen (secondary N) is 1. The molecule has 6 rings (SSSR count). The number of nitrogens with zero attached hydrogens (tertiary/aromatic N) is 2. The highest BCUT2D eigenvalue weighted by molar-refractivity contribution is 5.95. The Labute approximate surface area is 257 Å². The van der Waals surface area contributed by atoms with Crippen molar-refractivity contribution >= 4 is 22.9 Å². The van der Waals surface area contributed by atoms with Gasteiger partial charge >= 0.3 is 0 Å². The van der Waals surface area contributed by atoms with Crippen LogP contribution in [0.2, 0.25) is 0 Å². The van der Waals surface area contributed by atoms with Crippen LogP contribution in [0.1, 0.15) is 34.1 Å². The second-order valence-electron chi connectivity index (χ2n) is 10.4. The van der Waals surface area contributed by atoms with Crippen LogP contribution in [0, 0.1) is 6.92 Å². The van der Waals surface area contributed by atoms with E-state index in [0.29, 0.717) is 30.3 Å². The van der Waals surface area contributed by atoms with Gasteiger partial charge in [0.1, 0.15) is 6.61 Å². The van der Waals surface area contributed by atoms with Gasteiger partial charge in [-0.05, 0) is 95.9 Å². The third kappa shape index (κ3) is 6.25. The molecule has 6 heteroatoms. The van der Waals surface area contributed by atoms with Crippen molar-refractivity contribution in [2.24, 2.45) is 5.10 Å². The van der Waals surface area contributed by atoms with Crippen LogP contribution < -0.4 is 14.9 Å². The number of amides is 1. The van der Waals surface area contributed by atoms with Gasteiger partial charge in [0.2, 0.25) is 0 Å². The second-order valence-corrected chi connectivity index (χ2v) is 10.4. The molecule has 5 aromatic carbocycles. The minimum Gasteiger partial charge on any atom is -0.490 e. The zero-order chi connectivity index (χ0) is 30.3. The molecule has 0 aliphatic rings. The van der Waals surface area contributed by atoms with Crippen molar-refractivity contribution < 1.29 is 14.3 Å². The van der Waals surface area contributed by atoms with E-state index in [1.807, 2.05) is 85.8 Å². The van der Waals surface area contributed by atoms with Gasteiger partial charge in [-0.15, -0.1) is 0 Å². The van der Waals surface area contributed by atoms with E-state index in [9.17, 15) is 4.79 Å². The Morgan fingerprint density at radius 3 is 2.39 bits per heavy atom. The Morgan fingerprint density at radius 2 is 1.57 bits per heavy atom. The number of aromatic nitrogens is 1. The van der Waals surface area contributed by atoms with E-state index in [2.05, 4.69) is 70.5 Å². The second kappa shape index (κ2) is 13.1. The average Bonchev–Trinajstić information content (AvgIpc) is 3.46. The van der Waals surface area contributed by atoms with Crippen LogP contribution in [-0.4, -0.2) is 23.3 Å². The molecule has 0 aliphatic heterocycles. The molecule has 0 aliphatic carbocycles. The molecule has 0 saturated heterocycles. The lowest BCUT2D eigenvalue weighted by atomic mass is 10.1. The summed E-state index contributed by atoms with van der Waals surface area (Å²) in [6.45, 7) is 4.91. The van der Waals surface area contributed by atoms with Gasteiger partial charge in [0.15, 0.2) is 11.5 Å². The summed E-state index contributed by atoms with van der Waals surface area (Å²) >= 11 is 0. The fourth-order valence-corrected chi connectivity index (χ4v) is 5.27. The third-order valence-electron chi connectivity index (χ3n) is 7.44. The normalized spacial score (nSPS) is 11.1. The van der Waals surface area contributed by atoms with Crippen LogP contribution in [-0.2, 0) is 6.61 Å². The fraction of sp³-hybridized carbons (Fsp3) is 0.105. The summed E-state index contributed by atoms with van der Waals surface area (Å²) < 4.78 is 14.2. The van der Waals surface area contributed by atoms with Gasteiger partial charge < -0.3 is 14.0 Å². The first kappa shape index (κ1) is 28.5. The van der Waals surface area contributed by atoms with Crippen molar-refractivity contribution in [1.29, 1.82) is 0 Å². The number of carbonyl (C=O) groups excluding carboxylic acids is 1. The van der Waals surface area contributed by atoms with Crippen LogP contribution in [0.4, 0.5) is 0 Å². The first-order valence-corrected chi connectivity index (χ1v) is 14.6. The summed E-state index contributed by atoms with van der Waals surface area (Å²) in [6, 6.07) is 42.1. The van der Waals surface area contributed by atoms with E-state index in [4.69, 9.17) is 9.47 Å². The number of ether oxygens (including phenoxy) is 2. The number of fused-ring (bicyclic) bond motifs is 1. The zero-order valence-electron chi connectivity index (χ0n) is 24.7. The first-order chi connectivity index (χ1) is 21.6. The van der Waals surface area contributed by atoms with Crippen molar-refractivity contribution in [2.75, 3.05) is 6.61 Å². The molecule has 44 heavy (non-hydrogen) atoms. The van der Waals surface area contributed by atoms with Crippen molar-refractivity contribution in [3.63, 3.8) is 0 Å². The minimum atomic E-state index is -0.291. The Hall–Kier alpha value is -5.62. The number of benzene rings is 5. The van der Waals surface area contributed by atoms with Gasteiger partial charge in [-0.2, -0.15) is 5.10 Å². The third-order valence-corrected chi connectivity index (χ3v) is 7.44. The molecular formula is C38H33N3O3. The quantitative estimate of drug-likeness (QED) is 0.131. The van der Waals surface area contributed by atoms with E-state index in [-0.39, 0.29) is 5.91 Å². The predicted octanol–water partition coefficient (Wildman–Crippen LogP) is 8.35. The Morgan fingerprint density at radius 1 is 0.795 bits per heavy atom. The Kier molecular flexibility index (Phi) is 8.50. The molecule has 0 fully saturated rings. The molecule has 1 N–H and O–H groups in total. The van der Waals surface area contributed by atoms with Crippen molar-refractivity contribution in [3.8, 4) is 28.4 Å². The van der Waals surface area contributed by atoms with E-state index < -0.39 is 0 Å². The van der Waals surface area contributed by atoms with E-state index >= 15 is 0 Å². The van der Waals surface area contributed by atoms with Crippen molar-refractivity contribution in [2.45, 2.75) is 20.5 Å². The van der Waals surface area contributed by atoms with Gasteiger partial charge in [-0.3, -0.25) is 4.79 Å². The van der Waals surface area contributed by atoms with Crippen LogP contribution in [0.3, 0.4) is 0 Å². The number of carbonyl (C=O) groups is 1. The van der Waals surface area contributed by atoms with Crippen LogP contribution in [0.5, 0.6) is 11.5 Å². The van der Waals surface area contributed by atoms with Gasteiger partial charge in [-0.1, -0.05) is 72.8 Å². The molecule has 0 spiro atoms. The molecule has 1 aromatic heterocycles. The lowest BCUT2D eigenvalue weighted by Crippen LogP contribution is -2.17. The maximum atomic E-state index is 12.8. The molecule has 1 amide bonds. The summed E-state index contributed by atoms with van der Waals surface area (Å²) in [7, 11) is 0. The van der Waals surface area contributed by atoms with Crippen molar-refractivity contribution in [3.05, 3.63) is 150 Å². The van der Waals surface area contributed by atoms with Gasteiger partial charge in [0, 0.05) is 16.9 Å². The van der Waals surface area contributed by atoms with Gasteiger partial charge in [0.25, 0.3) is 5.91 Å². The standard InChI is InChI=1S/C38H33N3O3/c1-3-43-37-24-28(17-23-36(37)44-26-32-14-9-13-29-10-7-8-15-34(29)32)25-39-40-38(42)31-18-20-33(21-19-31)41-27(2)16-22-35(41)30-11-5-4-6-12-30/h4-25H,3,26H2,1-2H3,(H,40,42)/b39-25+. The molecule has 0 bridgehead atoms. The Balaban J connectivity index is 1.11. The Bertz CT molecular complexity index is 1920. The van der Waals surface area contributed by atoms with Gasteiger partial charge in [0.05, 0.1) is 18.5 Å². The molecule has 6 aromatic rings. The van der Waals surface area contributed by atoms with E-state index in [1.54, 1.807) is 6.21 Å². The summed E-state index contributed by atoms with van der Waals surface area (Å²) in [5.74, 6) is 0.976. The summed E-state index contributed by atoms with van der Waals surface area (Å²) in [6.07, 6.45) is 1.60. The number of aryl methyl sites for hydroxylation is 1.